The summed E-state index contributed by atoms with van der Waals surface area (Å²) in [5, 5.41) is 0. The molecule has 0 saturated carbocycles. The lowest BCUT2D eigenvalue weighted by Gasteiger charge is -2.08. The average Bonchev–Trinajstić information content (AvgIpc) is 2.32. The van der Waals surface area contributed by atoms with Crippen LogP contribution in [-0.4, -0.2) is 12.1 Å². The molecule has 2 aromatic rings. The summed E-state index contributed by atoms with van der Waals surface area (Å²) >= 11 is 3.43. The maximum atomic E-state index is 5.68. The van der Waals surface area contributed by atoms with Crippen LogP contribution in [0.4, 0.5) is 0 Å². The van der Waals surface area contributed by atoms with Crippen molar-refractivity contribution in [1.29, 1.82) is 0 Å². The minimum Gasteiger partial charge on any atom is -0.497 e. The Labute approximate surface area is 109 Å². The molecule has 0 N–H and O–H groups in total. The summed E-state index contributed by atoms with van der Waals surface area (Å²) in [4.78, 5) is 4.14. The van der Waals surface area contributed by atoms with Crippen molar-refractivity contribution in [1.82, 2.24) is 4.98 Å². The van der Waals surface area contributed by atoms with E-state index in [-0.39, 0.29) is 0 Å². The first kappa shape index (κ1) is 11.9. The number of methoxy groups -OCH3 is 1. The third-order valence-corrected chi connectivity index (χ3v) is 2.86. The fourth-order valence-electron chi connectivity index (χ4n) is 1.37. The molecular weight excluding hydrogens is 282 g/mol. The largest absolute Gasteiger partial charge is 0.497 e. The number of nitrogens with zero attached hydrogens (tertiary/aromatic N) is 1. The van der Waals surface area contributed by atoms with E-state index in [1.165, 1.54) is 0 Å². The van der Waals surface area contributed by atoms with Crippen LogP contribution in [0.25, 0.3) is 0 Å². The Bertz CT molecular complexity index is 529. The van der Waals surface area contributed by atoms with Crippen molar-refractivity contribution in [2.75, 3.05) is 7.11 Å². The van der Waals surface area contributed by atoms with Crippen molar-refractivity contribution in [3.63, 3.8) is 0 Å². The lowest BCUT2D eigenvalue weighted by atomic mass is 10.3. The molecule has 88 valence electrons. The van der Waals surface area contributed by atoms with Gasteiger partial charge in [-0.3, -0.25) is 0 Å². The van der Waals surface area contributed by atoms with E-state index in [1.807, 2.05) is 37.3 Å². The van der Waals surface area contributed by atoms with Gasteiger partial charge in [-0.25, -0.2) is 4.98 Å². The minimum absolute atomic E-state index is 0.580. The highest BCUT2D eigenvalue weighted by Crippen LogP contribution is 2.32. The smallest absolute Gasteiger partial charge is 0.219 e. The predicted octanol–water partition coefficient (Wildman–Crippen LogP) is 3.95. The SMILES string of the molecule is COc1ccc(Oc2cc(C)ccn2)c(Br)c1. The van der Waals surface area contributed by atoms with Crippen molar-refractivity contribution in [2.24, 2.45) is 0 Å². The van der Waals surface area contributed by atoms with Crippen molar-refractivity contribution < 1.29 is 9.47 Å². The zero-order valence-corrected chi connectivity index (χ0v) is 11.2. The van der Waals surface area contributed by atoms with Gasteiger partial charge in [0.25, 0.3) is 0 Å². The van der Waals surface area contributed by atoms with E-state index in [0.717, 1.165) is 15.8 Å². The Morgan fingerprint density at radius 3 is 2.65 bits per heavy atom. The van der Waals surface area contributed by atoms with Crippen LogP contribution in [0.2, 0.25) is 0 Å². The predicted molar refractivity (Wildman–Crippen MR) is 69.7 cm³/mol. The summed E-state index contributed by atoms with van der Waals surface area (Å²) in [6, 6.07) is 9.35. The first-order valence-electron chi connectivity index (χ1n) is 5.13. The molecule has 0 spiro atoms. The molecule has 3 nitrogen and oxygen atoms in total. The normalized spacial score (nSPS) is 10.1. The van der Waals surface area contributed by atoms with Crippen LogP contribution in [0.5, 0.6) is 17.4 Å². The molecule has 0 aliphatic heterocycles. The summed E-state index contributed by atoms with van der Waals surface area (Å²) in [7, 11) is 1.63. The Morgan fingerprint density at radius 1 is 1.18 bits per heavy atom. The van der Waals surface area contributed by atoms with Crippen LogP contribution in [0, 0.1) is 6.92 Å². The van der Waals surface area contributed by atoms with Gasteiger partial charge in [0.2, 0.25) is 5.88 Å². The Morgan fingerprint density at radius 2 is 2.00 bits per heavy atom. The standard InChI is InChI=1S/C13H12BrNO2/c1-9-5-6-15-13(7-9)17-12-4-3-10(16-2)8-11(12)14/h3-8H,1-2H3. The molecule has 2 rings (SSSR count). The van der Waals surface area contributed by atoms with Crippen molar-refractivity contribution in [3.8, 4) is 17.4 Å². The van der Waals surface area contributed by atoms with Gasteiger partial charge in [-0.15, -0.1) is 0 Å². The molecule has 0 unspecified atom stereocenters. The van der Waals surface area contributed by atoms with E-state index in [4.69, 9.17) is 9.47 Å². The van der Waals surface area contributed by atoms with E-state index < -0.39 is 0 Å². The van der Waals surface area contributed by atoms with E-state index in [0.29, 0.717) is 11.6 Å². The molecule has 1 aromatic heterocycles. The van der Waals surface area contributed by atoms with Gasteiger partial charge in [-0.05, 0) is 52.7 Å². The minimum atomic E-state index is 0.580. The van der Waals surface area contributed by atoms with Gasteiger partial charge in [-0.2, -0.15) is 0 Å². The maximum Gasteiger partial charge on any atom is 0.219 e. The van der Waals surface area contributed by atoms with Gasteiger partial charge in [0.05, 0.1) is 11.6 Å². The van der Waals surface area contributed by atoms with Gasteiger partial charge in [0.1, 0.15) is 11.5 Å². The first-order valence-corrected chi connectivity index (χ1v) is 5.92. The highest BCUT2D eigenvalue weighted by atomic mass is 79.9. The third-order valence-electron chi connectivity index (χ3n) is 2.24. The van der Waals surface area contributed by atoms with E-state index in [2.05, 4.69) is 20.9 Å². The number of halogens is 1. The number of benzene rings is 1. The van der Waals surface area contributed by atoms with Crippen molar-refractivity contribution >= 4 is 15.9 Å². The molecule has 17 heavy (non-hydrogen) atoms. The second-order valence-electron chi connectivity index (χ2n) is 3.57. The molecule has 0 atom stereocenters. The molecule has 0 bridgehead atoms. The van der Waals surface area contributed by atoms with E-state index >= 15 is 0 Å². The average molecular weight is 294 g/mol. The summed E-state index contributed by atoms with van der Waals surface area (Å²) < 4.78 is 11.6. The molecule has 0 fully saturated rings. The monoisotopic (exact) mass is 293 g/mol. The molecule has 1 aromatic carbocycles. The van der Waals surface area contributed by atoms with Crippen LogP contribution < -0.4 is 9.47 Å². The van der Waals surface area contributed by atoms with Crippen LogP contribution in [-0.2, 0) is 0 Å². The molecule has 0 saturated heterocycles. The molecule has 1 heterocycles. The van der Waals surface area contributed by atoms with Crippen LogP contribution in [0.1, 0.15) is 5.56 Å². The van der Waals surface area contributed by atoms with Crippen LogP contribution in [0.3, 0.4) is 0 Å². The first-order chi connectivity index (χ1) is 8.19. The van der Waals surface area contributed by atoms with Gasteiger partial charge in [0, 0.05) is 12.3 Å². The van der Waals surface area contributed by atoms with Crippen LogP contribution >= 0.6 is 15.9 Å². The molecular formula is C13H12BrNO2. The summed E-state index contributed by atoms with van der Waals surface area (Å²) in [5.41, 5.74) is 1.11. The lowest BCUT2D eigenvalue weighted by molar-refractivity contribution is 0.411. The molecule has 0 amide bonds. The lowest BCUT2D eigenvalue weighted by Crippen LogP contribution is -1.90. The summed E-state index contributed by atoms with van der Waals surface area (Å²) in [6.07, 6.45) is 1.72. The van der Waals surface area contributed by atoms with Crippen LogP contribution in [0.15, 0.2) is 41.0 Å². The molecule has 0 aliphatic carbocycles. The van der Waals surface area contributed by atoms with Crippen molar-refractivity contribution in [2.45, 2.75) is 6.92 Å². The zero-order chi connectivity index (χ0) is 12.3. The highest BCUT2D eigenvalue weighted by Gasteiger charge is 2.05. The summed E-state index contributed by atoms with van der Waals surface area (Å²) in [5.74, 6) is 2.07. The molecule has 0 aliphatic rings. The number of aromatic nitrogens is 1. The fourth-order valence-corrected chi connectivity index (χ4v) is 1.81. The number of aryl methyl sites for hydroxylation is 1. The topological polar surface area (TPSA) is 31.4 Å². The highest BCUT2D eigenvalue weighted by molar-refractivity contribution is 9.10. The number of ether oxygens (including phenoxy) is 2. The number of hydrogen-bond acceptors (Lipinski definition) is 3. The van der Waals surface area contributed by atoms with Gasteiger partial charge < -0.3 is 9.47 Å². The number of pyridine rings is 1. The summed E-state index contributed by atoms with van der Waals surface area (Å²) in [6.45, 7) is 2.00. The van der Waals surface area contributed by atoms with Gasteiger partial charge >= 0.3 is 0 Å². The van der Waals surface area contributed by atoms with Crippen molar-refractivity contribution in [3.05, 3.63) is 46.6 Å². The maximum absolute atomic E-state index is 5.68. The van der Waals surface area contributed by atoms with Gasteiger partial charge in [-0.1, -0.05) is 0 Å². The quantitative estimate of drug-likeness (QED) is 0.858. The van der Waals surface area contributed by atoms with E-state index in [9.17, 15) is 0 Å². The van der Waals surface area contributed by atoms with E-state index in [1.54, 1.807) is 13.3 Å². The molecule has 0 radical (unpaired) electrons. The fraction of sp³-hybridized carbons (Fsp3) is 0.154. The Hall–Kier alpha value is -1.55. The number of rotatable bonds is 3. The molecule has 4 heteroatoms. The Balaban J connectivity index is 2.24. The van der Waals surface area contributed by atoms with Gasteiger partial charge in [0.15, 0.2) is 0 Å². The third kappa shape index (κ3) is 2.97. The Kier molecular flexibility index (Phi) is 3.64. The number of hydrogen-bond donors (Lipinski definition) is 0. The zero-order valence-electron chi connectivity index (χ0n) is 9.61. The second kappa shape index (κ2) is 5.19. The second-order valence-corrected chi connectivity index (χ2v) is 4.42.